The van der Waals surface area contributed by atoms with Gasteiger partial charge in [0.1, 0.15) is 0 Å². The number of methoxy groups -OCH3 is 1. The van der Waals surface area contributed by atoms with Crippen LogP contribution in [0.5, 0.6) is 0 Å². The van der Waals surface area contributed by atoms with Crippen LogP contribution in [0.25, 0.3) is 0 Å². The summed E-state index contributed by atoms with van der Waals surface area (Å²) >= 11 is 0. The van der Waals surface area contributed by atoms with Crippen LogP contribution in [0.3, 0.4) is 0 Å². The van der Waals surface area contributed by atoms with Crippen LogP contribution in [-0.4, -0.2) is 43.8 Å². The summed E-state index contributed by atoms with van der Waals surface area (Å²) in [5.74, 6) is 0. The third-order valence-corrected chi connectivity index (χ3v) is 2.97. The molecular formula is C10H24N2O. The minimum atomic E-state index is 0.00289. The van der Waals surface area contributed by atoms with E-state index in [9.17, 15) is 0 Å². The lowest BCUT2D eigenvalue weighted by molar-refractivity contribution is 0.0109. The van der Waals surface area contributed by atoms with Gasteiger partial charge in [-0.15, -0.1) is 0 Å². The van der Waals surface area contributed by atoms with E-state index in [1.54, 1.807) is 7.11 Å². The van der Waals surface area contributed by atoms with Crippen LogP contribution in [0.2, 0.25) is 0 Å². The van der Waals surface area contributed by atoms with E-state index < -0.39 is 0 Å². The Hall–Kier alpha value is -0.120. The molecule has 0 amide bonds. The third kappa shape index (κ3) is 2.93. The standard InChI is InChI=1S/C10H24N2O/c1-6-10(7-11,8-13-5)12(4)9(2)3/h9H,6-8,11H2,1-5H3. The monoisotopic (exact) mass is 188 g/mol. The van der Waals surface area contributed by atoms with Gasteiger partial charge in [-0.3, -0.25) is 4.90 Å². The van der Waals surface area contributed by atoms with Gasteiger partial charge in [0, 0.05) is 19.7 Å². The Labute approximate surface area is 82.2 Å². The van der Waals surface area contributed by atoms with Crippen LogP contribution in [-0.2, 0) is 4.74 Å². The Morgan fingerprint density at radius 3 is 2.23 bits per heavy atom. The fourth-order valence-corrected chi connectivity index (χ4v) is 1.62. The Balaban J connectivity index is 4.53. The number of hydrogen-bond donors (Lipinski definition) is 1. The van der Waals surface area contributed by atoms with Gasteiger partial charge in [0.2, 0.25) is 0 Å². The number of hydrogen-bond acceptors (Lipinski definition) is 3. The Kier molecular flexibility index (Phi) is 5.53. The summed E-state index contributed by atoms with van der Waals surface area (Å²) in [6, 6.07) is 0.499. The fraction of sp³-hybridized carbons (Fsp3) is 1.00. The van der Waals surface area contributed by atoms with Crippen molar-refractivity contribution < 1.29 is 4.74 Å². The summed E-state index contributed by atoms with van der Waals surface area (Å²) in [4.78, 5) is 2.30. The van der Waals surface area contributed by atoms with Crippen molar-refractivity contribution in [3.05, 3.63) is 0 Å². The first-order chi connectivity index (χ1) is 6.04. The van der Waals surface area contributed by atoms with Crippen LogP contribution >= 0.6 is 0 Å². The van der Waals surface area contributed by atoms with Crippen molar-refractivity contribution in [3.63, 3.8) is 0 Å². The molecule has 0 aliphatic heterocycles. The summed E-state index contributed by atoms with van der Waals surface area (Å²) in [5, 5.41) is 0. The first-order valence-electron chi connectivity index (χ1n) is 4.96. The van der Waals surface area contributed by atoms with Crippen LogP contribution in [0, 0.1) is 0 Å². The Bertz CT molecular complexity index is 133. The Morgan fingerprint density at radius 2 is 2.00 bits per heavy atom. The first-order valence-corrected chi connectivity index (χ1v) is 4.96. The molecule has 0 heterocycles. The molecule has 0 fully saturated rings. The predicted octanol–water partition coefficient (Wildman–Crippen LogP) is 1.08. The summed E-state index contributed by atoms with van der Waals surface area (Å²) in [5.41, 5.74) is 5.82. The zero-order chi connectivity index (χ0) is 10.5. The average molecular weight is 188 g/mol. The zero-order valence-corrected chi connectivity index (χ0v) is 9.63. The molecule has 3 nitrogen and oxygen atoms in total. The third-order valence-electron chi connectivity index (χ3n) is 2.97. The number of nitrogens with two attached hydrogens (primary N) is 1. The quantitative estimate of drug-likeness (QED) is 0.678. The van der Waals surface area contributed by atoms with Crippen molar-refractivity contribution in [2.24, 2.45) is 5.73 Å². The van der Waals surface area contributed by atoms with Crippen molar-refractivity contribution in [1.82, 2.24) is 4.90 Å². The smallest absolute Gasteiger partial charge is 0.0658 e. The maximum atomic E-state index is 5.82. The normalized spacial score (nSPS) is 16.6. The molecule has 0 aliphatic rings. The highest BCUT2D eigenvalue weighted by Gasteiger charge is 2.32. The molecule has 0 aromatic carbocycles. The van der Waals surface area contributed by atoms with Crippen molar-refractivity contribution in [3.8, 4) is 0 Å². The van der Waals surface area contributed by atoms with E-state index in [0.717, 1.165) is 6.42 Å². The minimum Gasteiger partial charge on any atom is -0.383 e. The maximum absolute atomic E-state index is 5.82. The second-order valence-electron chi connectivity index (χ2n) is 3.92. The molecular weight excluding hydrogens is 164 g/mol. The minimum absolute atomic E-state index is 0.00289. The second kappa shape index (κ2) is 5.58. The average Bonchev–Trinajstić information content (AvgIpc) is 2.13. The fourth-order valence-electron chi connectivity index (χ4n) is 1.62. The van der Waals surface area contributed by atoms with Crippen LogP contribution in [0.1, 0.15) is 27.2 Å². The van der Waals surface area contributed by atoms with E-state index in [1.165, 1.54) is 0 Å². The van der Waals surface area contributed by atoms with Crippen molar-refractivity contribution in [1.29, 1.82) is 0 Å². The van der Waals surface area contributed by atoms with Gasteiger partial charge in [0.15, 0.2) is 0 Å². The van der Waals surface area contributed by atoms with Gasteiger partial charge < -0.3 is 10.5 Å². The van der Waals surface area contributed by atoms with Crippen LogP contribution in [0.4, 0.5) is 0 Å². The molecule has 0 spiro atoms. The molecule has 0 rings (SSSR count). The second-order valence-corrected chi connectivity index (χ2v) is 3.92. The SMILES string of the molecule is CCC(CN)(COC)N(C)C(C)C. The first kappa shape index (κ1) is 12.9. The molecule has 0 saturated heterocycles. The molecule has 1 unspecified atom stereocenters. The molecule has 1 atom stereocenters. The summed E-state index contributed by atoms with van der Waals surface area (Å²) in [7, 11) is 3.84. The topological polar surface area (TPSA) is 38.5 Å². The number of likely N-dealkylation sites (N-methyl/N-ethyl adjacent to an activating group) is 1. The van der Waals surface area contributed by atoms with Crippen molar-refractivity contribution in [2.45, 2.75) is 38.8 Å². The maximum Gasteiger partial charge on any atom is 0.0658 e. The van der Waals surface area contributed by atoms with E-state index >= 15 is 0 Å². The molecule has 0 aliphatic carbocycles. The van der Waals surface area contributed by atoms with Gasteiger partial charge in [-0.2, -0.15) is 0 Å². The molecule has 0 aromatic heterocycles. The van der Waals surface area contributed by atoms with Crippen molar-refractivity contribution >= 4 is 0 Å². The number of nitrogens with zero attached hydrogens (tertiary/aromatic N) is 1. The van der Waals surface area contributed by atoms with Crippen LogP contribution in [0.15, 0.2) is 0 Å². The highest BCUT2D eigenvalue weighted by atomic mass is 16.5. The van der Waals surface area contributed by atoms with Crippen molar-refractivity contribution in [2.75, 3.05) is 27.3 Å². The van der Waals surface area contributed by atoms with Gasteiger partial charge >= 0.3 is 0 Å². The number of rotatable bonds is 6. The van der Waals surface area contributed by atoms with E-state index in [-0.39, 0.29) is 5.54 Å². The van der Waals surface area contributed by atoms with E-state index in [2.05, 4.69) is 32.7 Å². The Morgan fingerprint density at radius 1 is 1.46 bits per heavy atom. The lowest BCUT2D eigenvalue weighted by Gasteiger charge is -2.42. The van der Waals surface area contributed by atoms with E-state index in [4.69, 9.17) is 10.5 Å². The molecule has 2 N–H and O–H groups in total. The molecule has 0 saturated carbocycles. The molecule has 0 bridgehead atoms. The summed E-state index contributed by atoms with van der Waals surface area (Å²) in [6.07, 6.45) is 1.02. The van der Waals surface area contributed by atoms with Gasteiger partial charge in [-0.1, -0.05) is 6.92 Å². The molecule has 80 valence electrons. The van der Waals surface area contributed by atoms with Gasteiger partial charge in [-0.05, 0) is 27.3 Å². The van der Waals surface area contributed by atoms with Crippen LogP contribution < -0.4 is 5.73 Å². The summed E-state index contributed by atoms with van der Waals surface area (Å²) < 4.78 is 5.24. The largest absolute Gasteiger partial charge is 0.383 e. The van der Waals surface area contributed by atoms with Gasteiger partial charge in [0.25, 0.3) is 0 Å². The molecule has 13 heavy (non-hydrogen) atoms. The highest BCUT2D eigenvalue weighted by molar-refractivity contribution is 4.90. The zero-order valence-electron chi connectivity index (χ0n) is 9.63. The van der Waals surface area contributed by atoms with E-state index in [1.807, 2.05) is 0 Å². The predicted molar refractivity (Wildman–Crippen MR) is 56.9 cm³/mol. The molecule has 0 aromatic rings. The molecule has 0 radical (unpaired) electrons. The van der Waals surface area contributed by atoms with Gasteiger partial charge in [-0.25, -0.2) is 0 Å². The molecule has 3 heteroatoms. The highest BCUT2D eigenvalue weighted by Crippen LogP contribution is 2.19. The summed E-state index contributed by atoms with van der Waals surface area (Å²) in [6.45, 7) is 7.86. The number of ether oxygens (including phenoxy) is 1. The van der Waals surface area contributed by atoms with Gasteiger partial charge in [0.05, 0.1) is 12.1 Å². The lowest BCUT2D eigenvalue weighted by Crippen LogP contribution is -2.57. The lowest BCUT2D eigenvalue weighted by atomic mass is 9.94. The van der Waals surface area contributed by atoms with E-state index in [0.29, 0.717) is 19.2 Å².